The van der Waals surface area contributed by atoms with E-state index in [0.717, 1.165) is 24.8 Å². The van der Waals surface area contributed by atoms with Crippen molar-refractivity contribution in [3.8, 4) is 0 Å². The molecule has 1 atom stereocenters. The molecule has 0 bridgehead atoms. The molecule has 0 spiro atoms. The lowest BCUT2D eigenvalue weighted by Crippen LogP contribution is -2.40. The van der Waals surface area contributed by atoms with Crippen LogP contribution in [-0.4, -0.2) is 28.1 Å². The van der Waals surface area contributed by atoms with Gasteiger partial charge in [-0.2, -0.15) is 0 Å². The molecule has 1 rings (SSSR count). The van der Waals surface area contributed by atoms with Crippen molar-refractivity contribution in [3.63, 3.8) is 0 Å². The summed E-state index contributed by atoms with van der Waals surface area (Å²) in [5, 5.41) is 14.3. The van der Waals surface area contributed by atoms with Gasteiger partial charge < -0.3 is 15.7 Å². The summed E-state index contributed by atoms with van der Waals surface area (Å²) in [5.41, 5.74) is 0.748. The number of amides is 2. The van der Waals surface area contributed by atoms with Crippen LogP contribution in [0.3, 0.4) is 0 Å². The molecule has 1 aromatic rings. The Balaban J connectivity index is 2.35. The lowest BCUT2D eigenvalue weighted by molar-refractivity contribution is 0.0690. The van der Waals surface area contributed by atoms with Gasteiger partial charge in [0.2, 0.25) is 0 Å². The maximum absolute atomic E-state index is 11.6. The quantitative estimate of drug-likeness (QED) is 0.713. The van der Waals surface area contributed by atoms with Crippen LogP contribution in [0.25, 0.3) is 0 Å². The van der Waals surface area contributed by atoms with Crippen LogP contribution >= 0.6 is 0 Å². The molecule has 2 amide bonds. The number of unbranched alkanes of at least 4 members (excludes halogenated alkanes) is 1. The Kier molecular flexibility index (Phi) is 6.49. The van der Waals surface area contributed by atoms with Crippen LogP contribution in [0.1, 0.15) is 49.2 Å². The average molecular weight is 279 g/mol. The van der Waals surface area contributed by atoms with Crippen molar-refractivity contribution in [3.05, 3.63) is 29.6 Å². The second-order valence-corrected chi connectivity index (χ2v) is 4.73. The number of pyridine rings is 1. The Labute approximate surface area is 118 Å². The Hall–Kier alpha value is -2.11. The van der Waals surface area contributed by atoms with Crippen LogP contribution in [0, 0.1) is 0 Å². The van der Waals surface area contributed by atoms with Crippen molar-refractivity contribution in [1.82, 2.24) is 15.6 Å². The van der Waals surface area contributed by atoms with Crippen LogP contribution in [0.15, 0.2) is 18.3 Å². The molecule has 0 radical (unpaired) electrons. The predicted octanol–water partition coefficient (Wildman–Crippen LogP) is 2.16. The summed E-state index contributed by atoms with van der Waals surface area (Å²) in [4.78, 5) is 26.1. The number of hydrogen-bond donors (Lipinski definition) is 3. The maximum atomic E-state index is 11.6. The molecule has 6 heteroatoms. The lowest BCUT2D eigenvalue weighted by atomic mass is 10.1. The maximum Gasteiger partial charge on any atom is 0.354 e. The Morgan fingerprint density at radius 1 is 1.40 bits per heavy atom. The zero-order valence-electron chi connectivity index (χ0n) is 11.8. The van der Waals surface area contributed by atoms with Crippen molar-refractivity contribution in [1.29, 1.82) is 0 Å². The minimum Gasteiger partial charge on any atom is -0.477 e. The summed E-state index contributed by atoms with van der Waals surface area (Å²) in [6, 6.07) is 2.97. The average Bonchev–Trinajstić information content (AvgIpc) is 2.43. The molecule has 0 saturated carbocycles. The number of aromatic nitrogens is 1. The minimum absolute atomic E-state index is 0.00797. The standard InChI is InChI=1S/C14H21N3O3/c1-3-4-5-10(2)17-14(20)16-9-11-6-7-12(13(18)19)15-8-11/h6-8,10H,3-5,9H2,1-2H3,(H,18,19)(H2,16,17,20). The van der Waals surface area contributed by atoms with Gasteiger partial charge in [-0.25, -0.2) is 14.6 Å². The van der Waals surface area contributed by atoms with E-state index < -0.39 is 5.97 Å². The van der Waals surface area contributed by atoms with Gasteiger partial charge in [0, 0.05) is 18.8 Å². The molecule has 0 aromatic carbocycles. The molecule has 20 heavy (non-hydrogen) atoms. The normalized spacial score (nSPS) is 11.7. The van der Waals surface area contributed by atoms with Crippen LogP contribution in [0.2, 0.25) is 0 Å². The third-order valence-corrected chi connectivity index (χ3v) is 2.87. The van der Waals surface area contributed by atoms with E-state index in [1.807, 2.05) is 6.92 Å². The number of carboxylic acid groups (broad SMARTS) is 1. The number of aromatic carboxylic acids is 1. The van der Waals surface area contributed by atoms with Crippen LogP contribution in [0.4, 0.5) is 4.79 Å². The molecule has 0 saturated heterocycles. The number of carboxylic acids is 1. The molecule has 0 aliphatic carbocycles. The molecular formula is C14H21N3O3. The fourth-order valence-electron chi connectivity index (χ4n) is 1.70. The zero-order chi connectivity index (χ0) is 15.0. The number of urea groups is 1. The number of nitrogens with one attached hydrogen (secondary N) is 2. The first kappa shape index (κ1) is 15.9. The van der Waals surface area contributed by atoms with E-state index in [4.69, 9.17) is 5.11 Å². The van der Waals surface area contributed by atoms with E-state index in [-0.39, 0.29) is 17.8 Å². The number of hydrogen-bond acceptors (Lipinski definition) is 3. The predicted molar refractivity (Wildman–Crippen MR) is 75.6 cm³/mol. The van der Waals surface area contributed by atoms with Gasteiger partial charge in [0.05, 0.1) is 0 Å². The van der Waals surface area contributed by atoms with E-state index in [1.54, 1.807) is 6.07 Å². The fourth-order valence-corrected chi connectivity index (χ4v) is 1.70. The summed E-state index contributed by atoms with van der Waals surface area (Å²) in [7, 11) is 0. The molecule has 0 aliphatic heterocycles. The summed E-state index contributed by atoms with van der Waals surface area (Å²) in [6.07, 6.45) is 4.60. The second-order valence-electron chi connectivity index (χ2n) is 4.73. The molecule has 6 nitrogen and oxygen atoms in total. The number of carbonyl (C=O) groups is 2. The van der Waals surface area contributed by atoms with Gasteiger partial charge >= 0.3 is 12.0 Å². The monoisotopic (exact) mass is 279 g/mol. The van der Waals surface area contributed by atoms with E-state index in [9.17, 15) is 9.59 Å². The lowest BCUT2D eigenvalue weighted by Gasteiger charge is -2.14. The van der Waals surface area contributed by atoms with Crippen molar-refractivity contribution in [2.24, 2.45) is 0 Å². The van der Waals surface area contributed by atoms with Gasteiger partial charge in [-0.3, -0.25) is 0 Å². The molecule has 0 fully saturated rings. The summed E-state index contributed by atoms with van der Waals surface area (Å²) in [6.45, 7) is 4.40. The number of nitrogens with zero attached hydrogens (tertiary/aromatic N) is 1. The van der Waals surface area contributed by atoms with E-state index in [0.29, 0.717) is 6.54 Å². The zero-order valence-corrected chi connectivity index (χ0v) is 11.8. The highest BCUT2D eigenvalue weighted by molar-refractivity contribution is 5.85. The second kappa shape index (κ2) is 8.14. The van der Waals surface area contributed by atoms with E-state index >= 15 is 0 Å². The summed E-state index contributed by atoms with van der Waals surface area (Å²) in [5.74, 6) is -1.06. The molecule has 0 aliphatic rings. The smallest absolute Gasteiger partial charge is 0.354 e. The van der Waals surface area contributed by atoms with Crippen molar-refractivity contribution < 1.29 is 14.7 Å². The Morgan fingerprint density at radius 2 is 2.15 bits per heavy atom. The largest absolute Gasteiger partial charge is 0.477 e. The highest BCUT2D eigenvalue weighted by Gasteiger charge is 2.07. The van der Waals surface area contributed by atoms with Gasteiger partial charge in [-0.15, -0.1) is 0 Å². The molecule has 3 N–H and O–H groups in total. The summed E-state index contributed by atoms with van der Waals surface area (Å²) >= 11 is 0. The van der Waals surface area contributed by atoms with Crippen LogP contribution in [0.5, 0.6) is 0 Å². The summed E-state index contributed by atoms with van der Waals surface area (Å²) < 4.78 is 0. The molecule has 1 heterocycles. The molecular weight excluding hydrogens is 258 g/mol. The molecule has 1 unspecified atom stereocenters. The van der Waals surface area contributed by atoms with Gasteiger partial charge in [0.25, 0.3) is 0 Å². The first-order valence-electron chi connectivity index (χ1n) is 6.75. The van der Waals surface area contributed by atoms with E-state index in [2.05, 4.69) is 22.5 Å². The van der Waals surface area contributed by atoms with Gasteiger partial charge in [0.15, 0.2) is 0 Å². The first-order chi connectivity index (χ1) is 9.52. The number of carbonyl (C=O) groups excluding carboxylic acids is 1. The topological polar surface area (TPSA) is 91.3 Å². The van der Waals surface area contributed by atoms with Gasteiger partial charge in [-0.05, 0) is 25.0 Å². The SMILES string of the molecule is CCCCC(C)NC(=O)NCc1ccc(C(=O)O)nc1. The third kappa shape index (κ3) is 5.69. The molecule has 1 aromatic heterocycles. The number of rotatable bonds is 7. The van der Waals surface area contributed by atoms with Gasteiger partial charge in [-0.1, -0.05) is 25.8 Å². The Bertz CT molecular complexity index is 445. The Morgan fingerprint density at radius 3 is 2.70 bits per heavy atom. The highest BCUT2D eigenvalue weighted by atomic mass is 16.4. The van der Waals surface area contributed by atoms with Crippen molar-refractivity contribution in [2.45, 2.75) is 45.7 Å². The highest BCUT2D eigenvalue weighted by Crippen LogP contribution is 2.01. The molecule has 110 valence electrons. The van der Waals surface area contributed by atoms with Crippen LogP contribution < -0.4 is 10.6 Å². The van der Waals surface area contributed by atoms with Crippen LogP contribution in [-0.2, 0) is 6.54 Å². The minimum atomic E-state index is -1.06. The fraction of sp³-hybridized carbons (Fsp3) is 0.500. The van der Waals surface area contributed by atoms with Crippen molar-refractivity contribution >= 4 is 12.0 Å². The van der Waals surface area contributed by atoms with Gasteiger partial charge in [0.1, 0.15) is 5.69 Å². The third-order valence-electron chi connectivity index (χ3n) is 2.87. The van der Waals surface area contributed by atoms with E-state index in [1.165, 1.54) is 12.3 Å². The van der Waals surface area contributed by atoms with Crippen molar-refractivity contribution in [2.75, 3.05) is 0 Å². The first-order valence-corrected chi connectivity index (χ1v) is 6.75.